The van der Waals surface area contributed by atoms with Crippen molar-refractivity contribution in [3.05, 3.63) is 88.1 Å². The lowest BCUT2D eigenvalue weighted by Gasteiger charge is -2.36. The number of halogens is 1. The van der Waals surface area contributed by atoms with Gasteiger partial charge in [-0.05, 0) is 54.2 Å². The predicted octanol–water partition coefficient (Wildman–Crippen LogP) is 4.43. The summed E-state index contributed by atoms with van der Waals surface area (Å²) in [6.07, 6.45) is 1.80. The van der Waals surface area contributed by atoms with E-state index in [9.17, 15) is 4.79 Å². The number of benzene rings is 2. The summed E-state index contributed by atoms with van der Waals surface area (Å²) in [5.41, 5.74) is 4.04. The Hall–Kier alpha value is -2.26. The lowest BCUT2D eigenvalue weighted by molar-refractivity contribution is 0.0982. The van der Waals surface area contributed by atoms with Gasteiger partial charge in [-0.15, -0.1) is 0 Å². The first-order chi connectivity index (χ1) is 13.6. The van der Waals surface area contributed by atoms with Crippen LogP contribution in [0.2, 0.25) is 5.02 Å². The molecule has 4 rings (SSSR count). The van der Waals surface area contributed by atoms with Crippen LogP contribution in [0.5, 0.6) is 0 Å². The molecule has 4 nitrogen and oxygen atoms in total. The van der Waals surface area contributed by atoms with E-state index in [4.69, 9.17) is 11.6 Å². The molecule has 0 aliphatic carbocycles. The Kier molecular flexibility index (Phi) is 5.45. The van der Waals surface area contributed by atoms with Crippen LogP contribution in [-0.2, 0) is 6.54 Å². The minimum atomic E-state index is -0.0833. The van der Waals surface area contributed by atoms with Crippen LogP contribution in [-0.4, -0.2) is 17.9 Å². The van der Waals surface area contributed by atoms with Crippen molar-refractivity contribution in [3.8, 4) is 0 Å². The minimum absolute atomic E-state index is 0.0584. The molecule has 0 spiro atoms. The van der Waals surface area contributed by atoms with E-state index in [0.29, 0.717) is 25.0 Å². The van der Waals surface area contributed by atoms with Gasteiger partial charge in [0, 0.05) is 23.3 Å². The highest BCUT2D eigenvalue weighted by atomic mass is 35.5. The number of pyridine rings is 1. The largest absolute Gasteiger partial charge is 0.316 e. The molecule has 0 fully saturated rings. The third kappa shape index (κ3) is 3.68. The number of carbonyl (C=O) groups is 1. The first kappa shape index (κ1) is 19.1. The number of fused-ring (bicyclic) bond motifs is 1. The normalized spacial score (nSPS) is 17.0. The molecule has 2 unspecified atom stereocenters. The standard InChI is InChI=1S/C22H21ClN3OP/c1-14-3-10-20(25-12-14)26-21(27)18-11-17(23)8-9-19(18)28-22(26)16-6-4-15(5-7-16)13-24-2/h3-12,22,24,28H,13H2,1-2H3. The molecule has 1 aliphatic heterocycles. The number of carbonyl (C=O) groups excluding carboxylic acids is 1. The summed E-state index contributed by atoms with van der Waals surface area (Å²) in [5.74, 6) is 0.523. The highest BCUT2D eigenvalue weighted by Crippen LogP contribution is 2.44. The molecule has 1 aromatic heterocycles. The van der Waals surface area contributed by atoms with E-state index in [1.807, 2.05) is 43.1 Å². The molecule has 1 aliphatic rings. The molecule has 3 aromatic rings. The van der Waals surface area contributed by atoms with Crippen molar-refractivity contribution in [2.45, 2.75) is 19.3 Å². The molecule has 28 heavy (non-hydrogen) atoms. The van der Waals surface area contributed by atoms with Gasteiger partial charge in [-0.3, -0.25) is 9.69 Å². The number of aromatic nitrogens is 1. The number of rotatable bonds is 4. The molecule has 6 heteroatoms. The average Bonchev–Trinajstić information content (AvgIpc) is 2.70. The van der Waals surface area contributed by atoms with Gasteiger partial charge in [0.2, 0.25) is 0 Å². The van der Waals surface area contributed by atoms with E-state index < -0.39 is 0 Å². The maximum atomic E-state index is 13.4. The summed E-state index contributed by atoms with van der Waals surface area (Å²) in [5, 5.41) is 4.78. The lowest BCUT2D eigenvalue weighted by Crippen LogP contribution is -2.40. The number of hydrogen-bond donors (Lipinski definition) is 1. The molecule has 1 N–H and O–H groups in total. The van der Waals surface area contributed by atoms with Crippen LogP contribution in [0.3, 0.4) is 0 Å². The maximum absolute atomic E-state index is 13.4. The van der Waals surface area contributed by atoms with Gasteiger partial charge in [0.1, 0.15) is 5.82 Å². The third-order valence-electron chi connectivity index (χ3n) is 4.80. The molecule has 2 aromatic carbocycles. The van der Waals surface area contributed by atoms with E-state index >= 15 is 0 Å². The van der Waals surface area contributed by atoms with E-state index in [1.54, 1.807) is 12.3 Å². The zero-order valence-corrected chi connectivity index (χ0v) is 17.5. The summed E-state index contributed by atoms with van der Waals surface area (Å²) in [6.45, 7) is 2.81. The summed E-state index contributed by atoms with van der Waals surface area (Å²) >= 11 is 6.17. The predicted molar refractivity (Wildman–Crippen MR) is 117 cm³/mol. The molecule has 0 saturated heterocycles. The van der Waals surface area contributed by atoms with Gasteiger partial charge in [-0.25, -0.2) is 4.98 Å². The van der Waals surface area contributed by atoms with Crippen molar-refractivity contribution in [2.24, 2.45) is 0 Å². The Morgan fingerprint density at radius 1 is 1.14 bits per heavy atom. The highest BCUT2D eigenvalue weighted by molar-refractivity contribution is 7.48. The number of hydrogen-bond acceptors (Lipinski definition) is 3. The summed E-state index contributed by atoms with van der Waals surface area (Å²) < 4.78 is 0. The molecular formula is C22H21ClN3OP. The van der Waals surface area contributed by atoms with E-state index in [-0.39, 0.29) is 11.7 Å². The Bertz CT molecular complexity index is 1010. The Morgan fingerprint density at radius 3 is 2.61 bits per heavy atom. The number of aryl methyl sites for hydroxylation is 1. The van der Waals surface area contributed by atoms with Crippen LogP contribution < -0.4 is 15.5 Å². The number of nitrogens with zero attached hydrogens (tertiary/aromatic N) is 2. The van der Waals surface area contributed by atoms with Crippen LogP contribution in [0.1, 0.15) is 32.8 Å². The molecule has 1 amide bonds. The van der Waals surface area contributed by atoms with Crippen LogP contribution in [0.4, 0.5) is 5.82 Å². The van der Waals surface area contributed by atoms with Gasteiger partial charge in [-0.2, -0.15) is 0 Å². The van der Waals surface area contributed by atoms with Crippen molar-refractivity contribution in [2.75, 3.05) is 11.9 Å². The second-order valence-electron chi connectivity index (χ2n) is 6.88. The number of anilines is 1. The first-order valence-corrected chi connectivity index (χ1v) is 10.6. The molecule has 0 radical (unpaired) electrons. The van der Waals surface area contributed by atoms with Crippen LogP contribution >= 0.6 is 20.2 Å². The van der Waals surface area contributed by atoms with Gasteiger partial charge in [-0.1, -0.05) is 56.6 Å². The van der Waals surface area contributed by atoms with Gasteiger partial charge in [0.05, 0.1) is 5.78 Å². The average molecular weight is 410 g/mol. The van der Waals surface area contributed by atoms with Crippen molar-refractivity contribution < 1.29 is 4.79 Å². The monoisotopic (exact) mass is 409 g/mol. The fourth-order valence-electron chi connectivity index (χ4n) is 3.37. The summed E-state index contributed by atoms with van der Waals surface area (Å²) in [7, 11) is 2.35. The lowest BCUT2D eigenvalue weighted by atomic mass is 10.1. The molecule has 0 bridgehead atoms. The number of amides is 1. The fourth-order valence-corrected chi connectivity index (χ4v) is 5.09. The van der Waals surface area contributed by atoms with E-state index in [0.717, 1.165) is 23.0 Å². The highest BCUT2D eigenvalue weighted by Gasteiger charge is 2.35. The molecule has 2 atom stereocenters. The smallest absolute Gasteiger partial charge is 0.260 e. The van der Waals surface area contributed by atoms with Crippen LogP contribution in [0, 0.1) is 6.92 Å². The van der Waals surface area contributed by atoms with Crippen molar-refractivity contribution in [1.29, 1.82) is 0 Å². The second-order valence-corrected chi connectivity index (χ2v) is 8.69. The van der Waals surface area contributed by atoms with Crippen LogP contribution in [0.15, 0.2) is 60.8 Å². The van der Waals surface area contributed by atoms with E-state index in [2.05, 4.69) is 34.6 Å². The van der Waals surface area contributed by atoms with Gasteiger partial charge in [0.15, 0.2) is 0 Å². The van der Waals surface area contributed by atoms with Gasteiger partial charge in [0.25, 0.3) is 5.91 Å². The second kappa shape index (κ2) is 8.00. The first-order valence-electron chi connectivity index (χ1n) is 9.12. The van der Waals surface area contributed by atoms with Gasteiger partial charge >= 0.3 is 0 Å². The molecule has 142 valence electrons. The molecule has 0 saturated carbocycles. The zero-order valence-electron chi connectivity index (χ0n) is 15.7. The SMILES string of the molecule is CNCc1ccc(C2Pc3ccc(Cl)cc3C(=O)N2c2ccc(C)cn2)cc1. The Labute approximate surface area is 171 Å². The Balaban J connectivity index is 1.80. The Morgan fingerprint density at radius 2 is 1.93 bits per heavy atom. The fraction of sp³-hybridized carbons (Fsp3) is 0.182. The number of nitrogens with one attached hydrogen (secondary N) is 1. The van der Waals surface area contributed by atoms with Crippen molar-refractivity contribution in [3.63, 3.8) is 0 Å². The summed E-state index contributed by atoms with van der Waals surface area (Å²) in [6, 6.07) is 17.9. The minimum Gasteiger partial charge on any atom is -0.316 e. The topological polar surface area (TPSA) is 45.2 Å². The third-order valence-corrected chi connectivity index (χ3v) is 6.65. The van der Waals surface area contributed by atoms with E-state index in [1.165, 1.54) is 5.56 Å². The molecular weight excluding hydrogens is 389 g/mol. The quantitative estimate of drug-likeness (QED) is 0.648. The van der Waals surface area contributed by atoms with Crippen molar-refractivity contribution in [1.82, 2.24) is 10.3 Å². The zero-order chi connectivity index (χ0) is 19.7. The molecule has 2 heterocycles. The van der Waals surface area contributed by atoms with Crippen molar-refractivity contribution >= 4 is 37.2 Å². The summed E-state index contributed by atoms with van der Waals surface area (Å²) in [4.78, 5) is 19.8. The van der Waals surface area contributed by atoms with Gasteiger partial charge < -0.3 is 5.32 Å². The maximum Gasteiger partial charge on any atom is 0.260 e. The van der Waals surface area contributed by atoms with Crippen LogP contribution in [0.25, 0.3) is 0 Å².